The van der Waals surface area contributed by atoms with Crippen LogP contribution in [0, 0.1) is 0 Å². The van der Waals surface area contributed by atoms with E-state index in [-0.39, 0.29) is 11.7 Å². The molecule has 15 heavy (non-hydrogen) atoms. The Balaban J connectivity index is 4.55. The van der Waals surface area contributed by atoms with E-state index < -0.39 is 0 Å². The minimum absolute atomic E-state index is 0.116. The van der Waals surface area contributed by atoms with Crippen molar-refractivity contribution in [1.29, 1.82) is 0 Å². The lowest BCUT2D eigenvalue weighted by Crippen LogP contribution is -2.28. The van der Waals surface area contributed by atoms with Gasteiger partial charge in [-0.05, 0) is 39.2 Å². The molecule has 0 radical (unpaired) electrons. The molecule has 0 aromatic carbocycles. The molecule has 0 fully saturated rings. The molecule has 0 rings (SSSR count). The summed E-state index contributed by atoms with van der Waals surface area (Å²) in [5.41, 5.74) is 2.61. The van der Waals surface area contributed by atoms with Gasteiger partial charge < -0.3 is 4.74 Å². The highest BCUT2D eigenvalue weighted by Gasteiger charge is 2.20. The van der Waals surface area contributed by atoms with Gasteiger partial charge in [0.05, 0.1) is 11.7 Å². The van der Waals surface area contributed by atoms with Crippen LogP contribution in [0.15, 0.2) is 23.8 Å². The maximum Gasteiger partial charge on any atom is 0.0806 e. The first-order chi connectivity index (χ1) is 6.94. The van der Waals surface area contributed by atoms with E-state index in [0.717, 1.165) is 24.8 Å². The van der Waals surface area contributed by atoms with Crippen molar-refractivity contribution in [3.05, 3.63) is 23.8 Å². The van der Waals surface area contributed by atoms with Gasteiger partial charge in [-0.2, -0.15) is 0 Å². The molecule has 1 unspecified atom stereocenters. The van der Waals surface area contributed by atoms with Crippen LogP contribution >= 0.6 is 11.6 Å². The van der Waals surface area contributed by atoms with E-state index in [2.05, 4.69) is 34.3 Å². The van der Waals surface area contributed by atoms with Crippen molar-refractivity contribution in [2.45, 2.75) is 58.7 Å². The van der Waals surface area contributed by atoms with Crippen molar-refractivity contribution in [3.63, 3.8) is 0 Å². The lowest BCUT2D eigenvalue weighted by atomic mass is 10.0. The lowest BCUT2D eigenvalue weighted by molar-refractivity contribution is -0.0468. The Labute approximate surface area is 99.2 Å². The average molecular weight is 231 g/mol. The van der Waals surface area contributed by atoms with Crippen molar-refractivity contribution in [1.82, 2.24) is 0 Å². The SMILES string of the molecule is C=CCC(=CCl)C(CCC)OC(C)(C)C. The fraction of sp³-hybridized carbons (Fsp3) is 0.692. The Bertz CT molecular complexity index is 213. The zero-order valence-electron chi connectivity index (χ0n) is 10.3. The van der Waals surface area contributed by atoms with Gasteiger partial charge in [-0.3, -0.25) is 0 Å². The van der Waals surface area contributed by atoms with Gasteiger partial charge in [-0.25, -0.2) is 0 Å². The summed E-state index contributed by atoms with van der Waals surface area (Å²) < 4.78 is 5.98. The molecule has 0 N–H and O–H groups in total. The van der Waals surface area contributed by atoms with Crippen LogP contribution in [0.3, 0.4) is 0 Å². The summed E-state index contributed by atoms with van der Waals surface area (Å²) in [6.07, 6.45) is 4.87. The van der Waals surface area contributed by atoms with E-state index in [0.29, 0.717) is 0 Å². The summed E-state index contributed by atoms with van der Waals surface area (Å²) >= 11 is 5.82. The highest BCUT2D eigenvalue weighted by molar-refractivity contribution is 6.25. The zero-order chi connectivity index (χ0) is 11.9. The van der Waals surface area contributed by atoms with E-state index in [1.807, 2.05) is 6.08 Å². The van der Waals surface area contributed by atoms with Gasteiger partial charge in [-0.15, -0.1) is 6.58 Å². The Hall–Kier alpha value is -0.270. The molecule has 0 aliphatic carbocycles. The van der Waals surface area contributed by atoms with Crippen molar-refractivity contribution in [2.75, 3.05) is 0 Å². The van der Waals surface area contributed by atoms with Crippen molar-refractivity contribution in [3.8, 4) is 0 Å². The van der Waals surface area contributed by atoms with Gasteiger partial charge in [0.2, 0.25) is 0 Å². The average Bonchev–Trinajstić information content (AvgIpc) is 2.11. The number of allylic oxidation sites excluding steroid dienone is 1. The van der Waals surface area contributed by atoms with Gasteiger partial charge in [0.25, 0.3) is 0 Å². The first-order valence-electron chi connectivity index (χ1n) is 5.52. The highest BCUT2D eigenvalue weighted by atomic mass is 35.5. The van der Waals surface area contributed by atoms with Crippen LogP contribution in [0.1, 0.15) is 47.0 Å². The summed E-state index contributed by atoms with van der Waals surface area (Å²) in [5, 5.41) is 0. The largest absolute Gasteiger partial charge is 0.368 e. The van der Waals surface area contributed by atoms with Crippen LogP contribution in [0.2, 0.25) is 0 Å². The molecular weight excluding hydrogens is 208 g/mol. The molecule has 0 aromatic heterocycles. The number of halogens is 1. The van der Waals surface area contributed by atoms with Crippen LogP contribution in [0.5, 0.6) is 0 Å². The molecule has 0 aromatic rings. The fourth-order valence-electron chi connectivity index (χ4n) is 1.42. The van der Waals surface area contributed by atoms with Crippen molar-refractivity contribution < 1.29 is 4.74 Å². The quantitative estimate of drug-likeness (QED) is 0.603. The first-order valence-corrected chi connectivity index (χ1v) is 5.96. The Morgan fingerprint density at radius 1 is 1.47 bits per heavy atom. The predicted molar refractivity (Wildman–Crippen MR) is 68.3 cm³/mol. The standard InChI is InChI=1S/C13H23ClO/c1-6-8-11(10-14)12(9-7-2)15-13(3,4)5/h6,10,12H,1,7-9H2,2-5H3. The lowest BCUT2D eigenvalue weighted by Gasteiger charge is -2.28. The fourth-order valence-corrected chi connectivity index (χ4v) is 1.65. The molecule has 0 amide bonds. The van der Waals surface area contributed by atoms with Gasteiger partial charge in [-0.1, -0.05) is 31.0 Å². The second-order valence-electron chi connectivity index (χ2n) is 4.68. The maximum absolute atomic E-state index is 5.98. The number of hydrogen-bond donors (Lipinski definition) is 0. The number of rotatable bonds is 6. The minimum Gasteiger partial charge on any atom is -0.368 e. The van der Waals surface area contributed by atoms with Gasteiger partial charge in [0.1, 0.15) is 0 Å². The monoisotopic (exact) mass is 230 g/mol. The van der Waals surface area contributed by atoms with Gasteiger partial charge in [0, 0.05) is 5.54 Å². The zero-order valence-corrected chi connectivity index (χ0v) is 11.1. The second-order valence-corrected chi connectivity index (χ2v) is 4.90. The van der Waals surface area contributed by atoms with E-state index in [1.54, 1.807) is 5.54 Å². The van der Waals surface area contributed by atoms with E-state index >= 15 is 0 Å². The normalized spacial score (nSPS) is 15.1. The molecule has 0 spiro atoms. The van der Waals surface area contributed by atoms with Crippen molar-refractivity contribution >= 4 is 11.6 Å². The summed E-state index contributed by atoms with van der Waals surface area (Å²) in [6.45, 7) is 12.1. The Kier molecular flexibility index (Phi) is 6.95. The highest BCUT2D eigenvalue weighted by Crippen LogP contribution is 2.23. The molecule has 0 heterocycles. The molecule has 0 aliphatic rings. The maximum atomic E-state index is 5.98. The smallest absolute Gasteiger partial charge is 0.0806 e. The summed E-state index contributed by atoms with van der Waals surface area (Å²) in [7, 11) is 0. The van der Waals surface area contributed by atoms with Crippen LogP contribution in [0.25, 0.3) is 0 Å². The van der Waals surface area contributed by atoms with E-state index in [4.69, 9.17) is 16.3 Å². The first kappa shape index (κ1) is 14.7. The van der Waals surface area contributed by atoms with Crippen LogP contribution in [-0.2, 0) is 4.74 Å². The summed E-state index contributed by atoms with van der Waals surface area (Å²) in [6, 6.07) is 0. The number of ether oxygens (including phenoxy) is 1. The van der Waals surface area contributed by atoms with Crippen LogP contribution in [0.4, 0.5) is 0 Å². The minimum atomic E-state index is -0.133. The Morgan fingerprint density at radius 2 is 2.07 bits per heavy atom. The summed E-state index contributed by atoms with van der Waals surface area (Å²) in [4.78, 5) is 0. The summed E-state index contributed by atoms with van der Waals surface area (Å²) in [5.74, 6) is 0. The number of hydrogen-bond acceptors (Lipinski definition) is 1. The van der Waals surface area contributed by atoms with Crippen LogP contribution < -0.4 is 0 Å². The molecule has 1 atom stereocenters. The molecule has 88 valence electrons. The third kappa shape index (κ3) is 6.75. The molecule has 0 aliphatic heterocycles. The molecule has 0 saturated heterocycles. The van der Waals surface area contributed by atoms with E-state index in [1.165, 1.54) is 0 Å². The molecular formula is C13H23ClO. The molecule has 2 heteroatoms. The predicted octanol–water partition coefficient (Wildman–Crippen LogP) is 4.67. The third-order valence-corrected chi connectivity index (χ3v) is 2.26. The second kappa shape index (κ2) is 7.08. The van der Waals surface area contributed by atoms with Crippen LogP contribution in [-0.4, -0.2) is 11.7 Å². The van der Waals surface area contributed by atoms with E-state index in [9.17, 15) is 0 Å². The molecule has 1 nitrogen and oxygen atoms in total. The van der Waals surface area contributed by atoms with Crippen molar-refractivity contribution in [2.24, 2.45) is 0 Å². The van der Waals surface area contributed by atoms with Gasteiger partial charge in [0.15, 0.2) is 0 Å². The molecule has 0 bridgehead atoms. The topological polar surface area (TPSA) is 9.23 Å². The van der Waals surface area contributed by atoms with Gasteiger partial charge >= 0.3 is 0 Å². The molecule has 0 saturated carbocycles. The Morgan fingerprint density at radius 3 is 2.40 bits per heavy atom. The third-order valence-electron chi connectivity index (χ3n) is 1.98.